The predicted molar refractivity (Wildman–Crippen MR) is 563 cm³/mol. The van der Waals surface area contributed by atoms with Crippen LogP contribution in [0.25, 0.3) is 185 Å². The summed E-state index contributed by atoms with van der Waals surface area (Å²) in [5.41, 5.74) is 40.3. The van der Waals surface area contributed by atoms with Gasteiger partial charge < -0.3 is 18.9 Å². The second kappa shape index (κ2) is 36.4. The number of rotatable bonds is 24. The maximum atomic E-state index is 2.56. The van der Waals surface area contributed by atoms with Gasteiger partial charge in [-0.05, 0) is 273 Å². The smallest absolute Gasteiger partial charge is 0.0541 e. The highest BCUT2D eigenvalue weighted by Gasteiger charge is 2.30. The van der Waals surface area contributed by atoms with Crippen LogP contribution in [0.5, 0.6) is 0 Å². The molecule has 0 aliphatic heterocycles. The molecule has 0 aliphatic rings. The molecule has 2 heterocycles. The molecule has 0 amide bonds. The molecule has 0 unspecified atom stereocenters. The number of unbranched alkanes of at least 4 members (excludes halogenated alkanes) is 1. The number of fused-ring (bicyclic) bond motifs is 6. The minimum Gasteiger partial charge on any atom is -0.340 e. The monoisotopic (exact) mass is 1690 g/mol. The fraction of sp³-hybridized carbons (Fsp3) is 0.0312. The molecule has 22 aromatic rings. The van der Waals surface area contributed by atoms with Crippen LogP contribution in [-0.4, -0.2) is 9.13 Å². The minimum atomic E-state index is 0.928. The Kier molecular flexibility index (Phi) is 22.3. The molecule has 0 aliphatic carbocycles. The van der Waals surface area contributed by atoms with Gasteiger partial charge in [-0.25, -0.2) is 0 Å². The molecule has 4 heteroatoms. The van der Waals surface area contributed by atoms with Gasteiger partial charge >= 0.3 is 0 Å². The number of para-hydroxylation sites is 4. The van der Waals surface area contributed by atoms with E-state index in [2.05, 4.69) is 542 Å². The van der Waals surface area contributed by atoms with Gasteiger partial charge in [-0.2, -0.15) is 0 Å². The Morgan fingerprint density at radius 1 is 0.205 bits per heavy atom. The molecular formula is C128H94N4. The first-order valence-electron chi connectivity index (χ1n) is 45.9. The number of nitrogens with zero attached hydrogens (tertiary/aromatic N) is 4. The number of aryl methyl sites for hydroxylation is 1. The number of hydrogen-bond donors (Lipinski definition) is 0. The van der Waals surface area contributed by atoms with Crippen LogP contribution in [0.15, 0.2) is 491 Å². The van der Waals surface area contributed by atoms with Crippen molar-refractivity contribution >= 4 is 102 Å². The zero-order valence-electron chi connectivity index (χ0n) is 73.5. The van der Waals surface area contributed by atoms with Crippen LogP contribution in [-0.2, 0) is 6.54 Å². The summed E-state index contributed by atoms with van der Waals surface area (Å²) in [6.45, 7) is 3.22. The fourth-order valence-electron chi connectivity index (χ4n) is 19.7. The van der Waals surface area contributed by atoms with Gasteiger partial charge in [0.15, 0.2) is 0 Å². The van der Waals surface area contributed by atoms with Gasteiger partial charge in [0.05, 0.1) is 11.0 Å². The van der Waals surface area contributed by atoms with Gasteiger partial charge in [-0.15, -0.1) is 0 Å². The van der Waals surface area contributed by atoms with Gasteiger partial charge in [0.25, 0.3) is 0 Å². The lowest BCUT2D eigenvalue weighted by Crippen LogP contribution is -2.09. The van der Waals surface area contributed by atoms with E-state index in [4.69, 9.17) is 0 Å². The average molecular weight is 1690 g/mol. The normalized spacial score (nSPS) is 11.6. The van der Waals surface area contributed by atoms with Crippen LogP contribution in [0.2, 0.25) is 0 Å². The second-order valence-corrected chi connectivity index (χ2v) is 34.0. The summed E-state index contributed by atoms with van der Waals surface area (Å²) in [6, 6.07) is 180. The highest BCUT2D eigenvalue weighted by molar-refractivity contribution is 6.17. The summed E-state index contributed by atoms with van der Waals surface area (Å²) in [6.07, 6.45) is 11.2. The van der Waals surface area contributed by atoms with Crippen molar-refractivity contribution < 1.29 is 0 Å². The van der Waals surface area contributed by atoms with Crippen LogP contribution < -0.4 is 9.80 Å². The van der Waals surface area contributed by atoms with Crippen LogP contribution in [0.3, 0.4) is 0 Å². The third kappa shape index (κ3) is 15.9. The number of benzene rings is 20. The molecule has 20 aromatic carbocycles. The quantitative estimate of drug-likeness (QED) is 0.0561. The molecule has 2 aromatic heterocycles. The lowest BCUT2D eigenvalue weighted by molar-refractivity contribution is 0.665. The number of anilines is 6. The van der Waals surface area contributed by atoms with E-state index in [0.717, 1.165) is 148 Å². The molecule has 0 radical (unpaired) electrons. The topological polar surface area (TPSA) is 16.3 Å². The van der Waals surface area contributed by atoms with E-state index in [1.807, 2.05) is 0 Å². The molecular weight excluding hydrogens is 1590 g/mol. The zero-order chi connectivity index (χ0) is 88.1. The zero-order valence-corrected chi connectivity index (χ0v) is 73.5. The molecule has 0 fully saturated rings. The van der Waals surface area contributed by atoms with E-state index >= 15 is 0 Å². The summed E-state index contributed by atoms with van der Waals surface area (Å²) in [5.74, 6) is 0. The van der Waals surface area contributed by atoms with E-state index in [1.54, 1.807) is 0 Å². The van der Waals surface area contributed by atoms with Crippen molar-refractivity contribution in [3.8, 4) is 117 Å². The van der Waals surface area contributed by atoms with Gasteiger partial charge in [-0.3, -0.25) is 0 Å². The summed E-state index contributed by atoms with van der Waals surface area (Å²) in [5, 5.41) is 4.84. The van der Waals surface area contributed by atoms with Crippen LogP contribution in [0, 0.1) is 0 Å². The standard InChI is InChI=1S/C128H94N4/c1-2-3-84-129-119-80-72-102(87-115(119)116-89-105(75-81-120(116)129)114-59-34-32-37-94(114)67-65-91-62-60-90(61-63-91)64-66-93-36-31-33-58-113(93)104-48-35-57-112(85-104)131(108-53-27-11-28-54-108)109-55-29-12-30-56-109)103-74-83-122-118(88-103)117-86-101(92-68-76-110(77-69-92)130(106-49-23-9-24-50-106)107-51-25-10-26-52-107)73-82-121(117)132(122)111-78-70-100(71-79-111)128-126(98-44-19-7-20-45-98)124(96-40-15-5-16-41-96)123(95-38-13-4-14-39-95)125(97-42-17-6-18-43-97)127(128)99-46-21-8-22-47-99/h4-83,85-89H,2-3,84H2,1H3/b66-64+,67-65+. The van der Waals surface area contributed by atoms with Crippen molar-refractivity contribution in [1.82, 2.24) is 9.13 Å². The lowest BCUT2D eigenvalue weighted by Gasteiger charge is -2.29. The molecule has 626 valence electrons. The summed E-state index contributed by atoms with van der Waals surface area (Å²) < 4.78 is 5.05. The van der Waals surface area contributed by atoms with Crippen molar-refractivity contribution in [3.63, 3.8) is 0 Å². The van der Waals surface area contributed by atoms with E-state index < -0.39 is 0 Å². The predicted octanol–water partition coefficient (Wildman–Crippen LogP) is 35.6. The largest absolute Gasteiger partial charge is 0.340 e. The van der Waals surface area contributed by atoms with E-state index in [0.29, 0.717) is 0 Å². The van der Waals surface area contributed by atoms with Crippen molar-refractivity contribution in [3.05, 3.63) is 514 Å². The maximum absolute atomic E-state index is 2.56. The molecule has 132 heavy (non-hydrogen) atoms. The minimum absolute atomic E-state index is 0.928. The van der Waals surface area contributed by atoms with Crippen LogP contribution in [0.1, 0.15) is 42.0 Å². The molecule has 4 nitrogen and oxygen atoms in total. The van der Waals surface area contributed by atoms with Gasteiger partial charge in [-0.1, -0.05) is 396 Å². The summed E-state index contributed by atoms with van der Waals surface area (Å²) in [4.78, 5) is 4.65. The Bertz CT molecular complexity index is 7760. The maximum Gasteiger partial charge on any atom is 0.0541 e. The Morgan fingerprint density at radius 2 is 0.477 bits per heavy atom. The Morgan fingerprint density at radius 3 is 0.864 bits per heavy atom. The van der Waals surface area contributed by atoms with Gasteiger partial charge in [0, 0.05) is 78.9 Å². The van der Waals surface area contributed by atoms with Crippen molar-refractivity contribution in [1.29, 1.82) is 0 Å². The molecule has 0 bridgehead atoms. The van der Waals surface area contributed by atoms with Crippen LogP contribution in [0.4, 0.5) is 34.1 Å². The second-order valence-electron chi connectivity index (χ2n) is 34.0. The van der Waals surface area contributed by atoms with E-state index in [1.165, 1.54) is 88.2 Å². The molecule has 22 rings (SSSR count). The molecule has 0 atom stereocenters. The fourth-order valence-corrected chi connectivity index (χ4v) is 19.7. The highest BCUT2D eigenvalue weighted by atomic mass is 15.1. The first kappa shape index (κ1) is 80.9. The van der Waals surface area contributed by atoms with Crippen molar-refractivity contribution in [2.75, 3.05) is 9.80 Å². The SMILES string of the molecule is CCCCn1c2ccc(-c3ccc4c(c3)c3cc(-c5ccc(N(c6ccccc6)c6ccccc6)cc5)ccc3n4-c3ccc(-c4c(-c5ccccc5)c(-c5ccccc5)c(-c5ccccc5)c(-c5ccccc5)c4-c4ccccc4)cc3)cc2c2cc(-c3ccccc3/C=C/c3ccc(/C=C/c4ccccc4-c4cccc(N(c5ccccc5)c5ccccc5)c4)cc3)ccc21. The van der Waals surface area contributed by atoms with Crippen molar-refractivity contribution in [2.24, 2.45) is 0 Å². The van der Waals surface area contributed by atoms with Crippen molar-refractivity contribution in [2.45, 2.75) is 26.3 Å². The molecule has 0 saturated carbocycles. The first-order valence-corrected chi connectivity index (χ1v) is 45.9. The number of aromatic nitrogens is 2. The summed E-state index contributed by atoms with van der Waals surface area (Å²) in [7, 11) is 0. The number of hydrogen-bond acceptors (Lipinski definition) is 2. The Labute approximate surface area is 772 Å². The van der Waals surface area contributed by atoms with E-state index in [9.17, 15) is 0 Å². The first-order chi connectivity index (χ1) is 65.5. The van der Waals surface area contributed by atoms with Gasteiger partial charge in [0.1, 0.15) is 0 Å². The molecule has 0 N–H and O–H groups in total. The molecule has 0 spiro atoms. The van der Waals surface area contributed by atoms with Gasteiger partial charge in [0.2, 0.25) is 0 Å². The summed E-state index contributed by atoms with van der Waals surface area (Å²) >= 11 is 0. The third-order valence-corrected chi connectivity index (χ3v) is 25.9. The Hall–Kier alpha value is -16.9. The van der Waals surface area contributed by atoms with E-state index in [-0.39, 0.29) is 0 Å². The molecule has 0 saturated heterocycles. The highest BCUT2D eigenvalue weighted by Crippen LogP contribution is 2.57. The third-order valence-electron chi connectivity index (χ3n) is 25.9. The average Bonchev–Trinajstić information content (AvgIpc) is 1.04. The lowest BCUT2D eigenvalue weighted by atomic mass is 9.74. The Balaban J connectivity index is 0.635. The van der Waals surface area contributed by atoms with Crippen LogP contribution >= 0.6 is 0 Å².